The van der Waals surface area contributed by atoms with Crippen LogP contribution in [0.5, 0.6) is 0 Å². The first-order chi connectivity index (χ1) is 7.48. The molecule has 88 valence electrons. The van der Waals surface area contributed by atoms with Gasteiger partial charge in [0.2, 0.25) is 5.28 Å². The number of hydrogen-bond donors (Lipinski definition) is 1. The number of nitrogens with two attached hydrogens (primary N) is 1. The number of nitrogens with zero attached hydrogens (tertiary/aromatic N) is 3. The lowest BCUT2D eigenvalue weighted by Crippen LogP contribution is -2.48. The summed E-state index contributed by atoms with van der Waals surface area (Å²) in [7, 11) is 0. The average molecular weight is 243 g/mol. The molecule has 0 aliphatic carbocycles. The summed E-state index contributed by atoms with van der Waals surface area (Å²) in [5.41, 5.74) is 6.19. The highest BCUT2D eigenvalue weighted by molar-refractivity contribution is 6.28. The first-order valence-corrected chi connectivity index (χ1v) is 5.53. The second-order valence-corrected chi connectivity index (χ2v) is 4.79. The molecule has 0 spiro atoms. The van der Waals surface area contributed by atoms with Gasteiger partial charge in [-0.2, -0.15) is 4.98 Å². The van der Waals surface area contributed by atoms with Crippen molar-refractivity contribution >= 4 is 23.1 Å². The van der Waals surface area contributed by atoms with Crippen LogP contribution >= 0.6 is 11.6 Å². The molecule has 2 rings (SSSR count). The summed E-state index contributed by atoms with van der Waals surface area (Å²) in [6, 6.07) is 0. The number of rotatable bonds is 1. The second kappa shape index (κ2) is 4.07. The van der Waals surface area contributed by atoms with Crippen molar-refractivity contribution in [2.45, 2.75) is 19.4 Å². The molecule has 5 nitrogen and oxygen atoms in total. The molecule has 2 N–H and O–H groups in total. The predicted octanol–water partition coefficient (Wildman–Crippen LogP) is 1.33. The molecule has 0 aromatic carbocycles. The van der Waals surface area contributed by atoms with Crippen LogP contribution in [0.4, 0.5) is 11.5 Å². The minimum absolute atomic E-state index is 0.192. The molecule has 1 aromatic heterocycles. The van der Waals surface area contributed by atoms with E-state index in [0.717, 1.165) is 13.1 Å². The highest BCUT2D eigenvalue weighted by atomic mass is 35.5. The van der Waals surface area contributed by atoms with Crippen molar-refractivity contribution in [1.29, 1.82) is 0 Å². The van der Waals surface area contributed by atoms with Gasteiger partial charge in [-0.25, -0.2) is 4.98 Å². The van der Waals surface area contributed by atoms with Gasteiger partial charge in [0, 0.05) is 13.1 Å². The maximum absolute atomic E-state index is 5.84. The lowest BCUT2D eigenvalue weighted by atomic mass is 10.1. The van der Waals surface area contributed by atoms with E-state index in [-0.39, 0.29) is 10.9 Å². The Morgan fingerprint density at radius 2 is 2.31 bits per heavy atom. The van der Waals surface area contributed by atoms with Crippen molar-refractivity contribution in [2.24, 2.45) is 0 Å². The van der Waals surface area contributed by atoms with Crippen LogP contribution in [0.2, 0.25) is 5.28 Å². The van der Waals surface area contributed by atoms with Crippen molar-refractivity contribution in [3.05, 3.63) is 11.5 Å². The van der Waals surface area contributed by atoms with Crippen LogP contribution in [0, 0.1) is 0 Å². The first kappa shape index (κ1) is 11.4. The lowest BCUT2D eigenvalue weighted by molar-refractivity contribution is -0.0278. The SMILES string of the molecule is CC1(C)CN(c2nc(Cl)ncc2N)CCO1. The molecule has 0 atom stereocenters. The second-order valence-electron chi connectivity index (χ2n) is 4.45. The third-order valence-corrected chi connectivity index (χ3v) is 2.67. The fourth-order valence-electron chi connectivity index (χ4n) is 1.81. The molecule has 0 unspecified atom stereocenters. The predicted molar refractivity (Wildman–Crippen MR) is 63.7 cm³/mol. The Hall–Kier alpha value is -1.07. The molecule has 1 aliphatic rings. The summed E-state index contributed by atoms with van der Waals surface area (Å²) in [5.74, 6) is 0.691. The summed E-state index contributed by atoms with van der Waals surface area (Å²) in [5, 5.41) is 0.216. The lowest BCUT2D eigenvalue weighted by Gasteiger charge is -2.39. The number of nitrogen functional groups attached to an aromatic ring is 1. The van der Waals surface area contributed by atoms with Gasteiger partial charge < -0.3 is 15.4 Å². The third-order valence-electron chi connectivity index (χ3n) is 2.49. The Kier molecular flexibility index (Phi) is 2.90. The quantitative estimate of drug-likeness (QED) is 0.753. The monoisotopic (exact) mass is 242 g/mol. The van der Waals surface area contributed by atoms with E-state index in [0.29, 0.717) is 18.1 Å². The molecule has 16 heavy (non-hydrogen) atoms. The fraction of sp³-hybridized carbons (Fsp3) is 0.600. The largest absolute Gasteiger partial charge is 0.394 e. The van der Waals surface area contributed by atoms with Crippen molar-refractivity contribution in [1.82, 2.24) is 9.97 Å². The van der Waals surface area contributed by atoms with Crippen LogP contribution in [-0.4, -0.2) is 35.3 Å². The maximum Gasteiger partial charge on any atom is 0.224 e. The van der Waals surface area contributed by atoms with Gasteiger partial charge in [-0.1, -0.05) is 0 Å². The van der Waals surface area contributed by atoms with Gasteiger partial charge in [0.15, 0.2) is 5.82 Å². The fourth-order valence-corrected chi connectivity index (χ4v) is 1.94. The van der Waals surface area contributed by atoms with Gasteiger partial charge in [-0.3, -0.25) is 0 Å². The Balaban J connectivity index is 2.26. The summed E-state index contributed by atoms with van der Waals surface area (Å²) in [6.07, 6.45) is 1.53. The van der Waals surface area contributed by atoms with E-state index in [9.17, 15) is 0 Å². The highest BCUT2D eigenvalue weighted by Crippen LogP contribution is 2.26. The van der Waals surface area contributed by atoms with E-state index in [4.69, 9.17) is 22.1 Å². The smallest absolute Gasteiger partial charge is 0.224 e. The zero-order valence-electron chi connectivity index (χ0n) is 9.40. The molecule has 2 heterocycles. The van der Waals surface area contributed by atoms with Crippen molar-refractivity contribution in [3.63, 3.8) is 0 Å². The average Bonchev–Trinajstić information content (AvgIpc) is 2.20. The minimum atomic E-state index is -0.192. The van der Waals surface area contributed by atoms with E-state index >= 15 is 0 Å². The molecular weight excluding hydrogens is 228 g/mol. The van der Waals surface area contributed by atoms with Crippen LogP contribution in [0.15, 0.2) is 6.20 Å². The molecule has 1 aromatic rings. The molecule has 1 fully saturated rings. The summed E-state index contributed by atoms with van der Waals surface area (Å²) < 4.78 is 5.63. The van der Waals surface area contributed by atoms with Crippen molar-refractivity contribution in [2.75, 3.05) is 30.3 Å². The number of hydrogen-bond acceptors (Lipinski definition) is 5. The Labute approximate surface area is 99.6 Å². The van der Waals surface area contributed by atoms with Gasteiger partial charge in [-0.05, 0) is 25.4 Å². The van der Waals surface area contributed by atoms with Gasteiger partial charge in [-0.15, -0.1) is 0 Å². The van der Waals surface area contributed by atoms with Crippen molar-refractivity contribution in [3.8, 4) is 0 Å². The number of aromatic nitrogens is 2. The van der Waals surface area contributed by atoms with Crippen LogP contribution in [-0.2, 0) is 4.74 Å². The molecule has 0 radical (unpaired) electrons. The first-order valence-electron chi connectivity index (χ1n) is 5.15. The van der Waals surface area contributed by atoms with E-state index in [1.165, 1.54) is 6.20 Å². The third kappa shape index (κ3) is 2.36. The molecule has 0 bridgehead atoms. The molecule has 1 saturated heterocycles. The summed E-state index contributed by atoms with van der Waals surface area (Å²) in [6.45, 7) is 6.25. The highest BCUT2D eigenvalue weighted by Gasteiger charge is 2.28. The minimum Gasteiger partial charge on any atom is -0.394 e. The Morgan fingerprint density at radius 3 is 3.00 bits per heavy atom. The molecule has 0 amide bonds. The zero-order chi connectivity index (χ0) is 11.8. The van der Waals surface area contributed by atoms with Gasteiger partial charge in [0.25, 0.3) is 0 Å². The number of anilines is 2. The number of morpholine rings is 1. The van der Waals surface area contributed by atoms with E-state index in [1.807, 2.05) is 13.8 Å². The van der Waals surface area contributed by atoms with Crippen LogP contribution in [0.1, 0.15) is 13.8 Å². The molecular formula is C10H15ClN4O. The maximum atomic E-state index is 5.84. The van der Waals surface area contributed by atoms with Gasteiger partial charge >= 0.3 is 0 Å². The van der Waals surface area contributed by atoms with E-state index in [1.54, 1.807) is 0 Å². The van der Waals surface area contributed by atoms with E-state index in [2.05, 4.69) is 14.9 Å². The zero-order valence-corrected chi connectivity index (χ0v) is 10.2. The summed E-state index contributed by atoms with van der Waals surface area (Å²) in [4.78, 5) is 10.1. The van der Waals surface area contributed by atoms with Crippen LogP contribution in [0.25, 0.3) is 0 Å². The Bertz CT molecular complexity index is 396. The number of ether oxygens (including phenoxy) is 1. The van der Waals surface area contributed by atoms with Gasteiger partial charge in [0.1, 0.15) is 0 Å². The molecule has 0 saturated carbocycles. The van der Waals surface area contributed by atoms with E-state index < -0.39 is 0 Å². The standard InChI is InChI=1S/C10H15ClN4O/c1-10(2)6-15(3-4-16-10)8-7(12)5-13-9(11)14-8/h5H,3-4,6,12H2,1-2H3. The Morgan fingerprint density at radius 1 is 1.56 bits per heavy atom. The molecule has 6 heteroatoms. The topological polar surface area (TPSA) is 64.3 Å². The summed E-state index contributed by atoms with van der Waals surface area (Å²) >= 11 is 5.77. The van der Waals surface area contributed by atoms with Crippen molar-refractivity contribution < 1.29 is 4.74 Å². The molecule has 1 aliphatic heterocycles. The van der Waals surface area contributed by atoms with Gasteiger partial charge in [0.05, 0.1) is 24.1 Å². The number of halogens is 1. The van der Waals surface area contributed by atoms with Crippen LogP contribution < -0.4 is 10.6 Å². The normalized spacial score (nSPS) is 19.8. The van der Waals surface area contributed by atoms with Crippen LogP contribution in [0.3, 0.4) is 0 Å².